The van der Waals surface area contributed by atoms with E-state index in [2.05, 4.69) is 10.3 Å². The first-order chi connectivity index (χ1) is 9.73. The number of hydrogen-bond donors (Lipinski definition) is 1. The molecular formula is C14H20N2O3S. The highest BCUT2D eigenvalue weighted by Crippen LogP contribution is 2.45. The molecule has 5 nitrogen and oxygen atoms in total. The largest absolute Gasteiger partial charge is 0.381 e. The Labute approximate surface area is 122 Å². The number of hydrogen-bond acceptors (Lipinski definition) is 5. The van der Waals surface area contributed by atoms with Crippen molar-refractivity contribution in [1.82, 2.24) is 10.3 Å². The molecule has 0 atom stereocenters. The molecule has 1 saturated heterocycles. The van der Waals surface area contributed by atoms with Crippen LogP contribution in [0.25, 0.3) is 0 Å². The van der Waals surface area contributed by atoms with Crippen molar-refractivity contribution in [3.05, 3.63) is 16.1 Å². The van der Waals surface area contributed by atoms with Gasteiger partial charge >= 0.3 is 0 Å². The average molecular weight is 296 g/mol. The number of nitrogens with zero attached hydrogens (tertiary/aromatic N) is 1. The fourth-order valence-electron chi connectivity index (χ4n) is 2.90. The molecule has 3 rings (SSSR count). The molecule has 1 aromatic rings. The Kier molecular flexibility index (Phi) is 4.05. The highest BCUT2D eigenvalue weighted by Gasteiger charge is 2.47. The van der Waals surface area contributed by atoms with Crippen molar-refractivity contribution in [3.8, 4) is 0 Å². The Morgan fingerprint density at radius 1 is 1.55 bits per heavy atom. The minimum atomic E-state index is -0.0548. The molecule has 0 radical (unpaired) electrons. The van der Waals surface area contributed by atoms with E-state index in [1.54, 1.807) is 13.3 Å². The molecule has 1 amide bonds. The molecule has 6 heteroatoms. The van der Waals surface area contributed by atoms with Crippen LogP contribution in [-0.4, -0.2) is 36.8 Å². The van der Waals surface area contributed by atoms with Gasteiger partial charge in [0.15, 0.2) is 0 Å². The van der Waals surface area contributed by atoms with Gasteiger partial charge in [-0.05, 0) is 31.6 Å². The lowest BCUT2D eigenvalue weighted by molar-refractivity contribution is 0.0277. The van der Waals surface area contributed by atoms with Crippen molar-refractivity contribution in [1.29, 1.82) is 0 Å². The van der Waals surface area contributed by atoms with E-state index < -0.39 is 0 Å². The Hall–Kier alpha value is -0.980. The van der Waals surface area contributed by atoms with Gasteiger partial charge in [0, 0.05) is 25.9 Å². The SMILES string of the molecule is COCc1ncc(C(=O)NC2(C3CC3)CCOCC2)s1. The van der Waals surface area contributed by atoms with Crippen LogP contribution < -0.4 is 5.32 Å². The lowest BCUT2D eigenvalue weighted by Crippen LogP contribution is -2.53. The zero-order chi connectivity index (χ0) is 14.0. The van der Waals surface area contributed by atoms with Crippen molar-refractivity contribution in [2.45, 2.75) is 37.8 Å². The second-order valence-corrected chi connectivity index (χ2v) is 6.66. The summed E-state index contributed by atoms with van der Waals surface area (Å²) in [6.07, 6.45) is 5.93. The molecule has 0 aromatic carbocycles. The summed E-state index contributed by atoms with van der Waals surface area (Å²) in [7, 11) is 1.63. The number of thiazole rings is 1. The minimum absolute atomic E-state index is 0.00125. The Morgan fingerprint density at radius 3 is 2.95 bits per heavy atom. The predicted molar refractivity (Wildman–Crippen MR) is 75.8 cm³/mol. The molecule has 110 valence electrons. The van der Waals surface area contributed by atoms with Crippen LogP contribution in [-0.2, 0) is 16.1 Å². The molecule has 2 fully saturated rings. The quantitative estimate of drug-likeness (QED) is 0.902. The van der Waals surface area contributed by atoms with Crippen molar-refractivity contribution in [3.63, 3.8) is 0 Å². The van der Waals surface area contributed by atoms with Gasteiger partial charge < -0.3 is 14.8 Å². The molecule has 0 spiro atoms. The molecule has 2 heterocycles. The Morgan fingerprint density at radius 2 is 2.30 bits per heavy atom. The van der Waals surface area contributed by atoms with Gasteiger partial charge in [-0.15, -0.1) is 11.3 Å². The zero-order valence-corrected chi connectivity index (χ0v) is 12.5. The third kappa shape index (κ3) is 2.87. The molecule has 1 aliphatic carbocycles. The van der Waals surface area contributed by atoms with Gasteiger partial charge in [0.1, 0.15) is 9.88 Å². The number of carbonyl (C=O) groups excluding carboxylic acids is 1. The molecule has 1 aliphatic heterocycles. The number of nitrogens with one attached hydrogen (secondary N) is 1. The molecule has 1 saturated carbocycles. The Bertz CT molecular complexity index is 479. The van der Waals surface area contributed by atoms with E-state index in [4.69, 9.17) is 9.47 Å². The number of amides is 1. The highest BCUT2D eigenvalue weighted by atomic mass is 32.1. The van der Waals surface area contributed by atoms with Crippen molar-refractivity contribution >= 4 is 17.2 Å². The second-order valence-electron chi connectivity index (χ2n) is 5.55. The fourth-order valence-corrected chi connectivity index (χ4v) is 3.69. The van der Waals surface area contributed by atoms with Crippen molar-refractivity contribution < 1.29 is 14.3 Å². The first-order valence-corrected chi connectivity index (χ1v) is 7.89. The molecule has 0 unspecified atom stereocenters. The monoisotopic (exact) mass is 296 g/mol. The molecule has 20 heavy (non-hydrogen) atoms. The van der Waals surface area contributed by atoms with Gasteiger partial charge in [0.05, 0.1) is 12.8 Å². The molecular weight excluding hydrogens is 276 g/mol. The standard InChI is InChI=1S/C14H20N2O3S/c1-18-9-12-15-8-11(20-12)13(17)16-14(10-2-3-10)4-6-19-7-5-14/h8,10H,2-7,9H2,1H3,(H,16,17). The Balaban J connectivity index is 1.69. The van der Waals surface area contributed by atoms with E-state index in [-0.39, 0.29) is 11.4 Å². The van der Waals surface area contributed by atoms with E-state index in [1.807, 2.05) is 0 Å². The summed E-state index contributed by atoms with van der Waals surface area (Å²) in [6.45, 7) is 1.95. The normalized spacial score (nSPS) is 21.6. The second kappa shape index (κ2) is 5.79. The minimum Gasteiger partial charge on any atom is -0.381 e. The van der Waals surface area contributed by atoms with Crippen LogP contribution in [0.1, 0.15) is 40.4 Å². The maximum Gasteiger partial charge on any atom is 0.263 e. The zero-order valence-electron chi connectivity index (χ0n) is 11.7. The topological polar surface area (TPSA) is 60.5 Å². The third-order valence-corrected chi connectivity index (χ3v) is 5.12. The summed E-state index contributed by atoms with van der Waals surface area (Å²) < 4.78 is 10.5. The highest BCUT2D eigenvalue weighted by molar-refractivity contribution is 7.13. The van der Waals surface area contributed by atoms with E-state index in [1.165, 1.54) is 24.2 Å². The third-order valence-electron chi connectivity index (χ3n) is 4.15. The van der Waals surface area contributed by atoms with Crippen LogP contribution in [0.2, 0.25) is 0 Å². The van der Waals surface area contributed by atoms with Crippen LogP contribution >= 0.6 is 11.3 Å². The smallest absolute Gasteiger partial charge is 0.263 e. The average Bonchev–Trinajstić information content (AvgIpc) is 3.21. The van der Waals surface area contributed by atoms with E-state index in [0.29, 0.717) is 17.4 Å². The van der Waals surface area contributed by atoms with Gasteiger partial charge in [-0.3, -0.25) is 4.79 Å². The van der Waals surface area contributed by atoms with E-state index in [9.17, 15) is 4.79 Å². The molecule has 1 aromatic heterocycles. The van der Waals surface area contributed by atoms with Gasteiger partial charge in [0.25, 0.3) is 5.91 Å². The maximum absolute atomic E-state index is 12.4. The number of methoxy groups -OCH3 is 1. The number of rotatable bonds is 5. The lowest BCUT2D eigenvalue weighted by atomic mass is 9.85. The summed E-state index contributed by atoms with van der Waals surface area (Å²) in [4.78, 5) is 17.3. The lowest BCUT2D eigenvalue weighted by Gasteiger charge is -2.38. The number of carbonyl (C=O) groups is 1. The first kappa shape index (κ1) is 14.0. The van der Waals surface area contributed by atoms with Crippen LogP contribution in [0.5, 0.6) is 0 Å². The number of aromatic nitrogens is 1. The van der Waals surface area contributed by atoms with Crippen LogP contribution in [0.4, 0.5) is 0 Å². The van der Waals surface area contributed by atoms with Crippen molar-refractivity contribution in [2.75, 3.05) is 20.3 Å². The summed E-state index contributed by atoms with van der Waals surface area (Å²) in [5, 5.41) is 4.11. The molecule has 2 aliphatic rings. The summed E-state index contributed by atoms with van der Waals surface area (Å²) in [5.41, 5.74) is -0.0548. The predicted octanol–water partition coefficient (Wildman–Crippen LogP) is 1.98. The fraction of sp³-hybridized carbons (Fsp3) is 0.714. The van der Waals surface area contributed by atoms with E-state index in [0.717, 1.165) is 31.1 Å². The van der Waals surface area contributed by atoms with Crippen LogP contribution in [0, 0.1) is 5.92 Å². The van der Waals surface area contributed by atoms with Gasteiger partial charge in [0.2, 0.25) is 0 Å². The summed E-state index contributed by atoms with van der Waals surface area (Å²) in [6, 6.07) is 0. The van der Waals surface area contributed by atoms with E-state index >= 15 is 0 Å². The van der Waals surface area contributed by atoms with Gasteiger partial charge in [-0.2, -0.15) is 0 Å². The van der Waals surface area contributed by atoms with Crippen LogP contribution in [0.15, 0.2) is 6.20 Å². The first-order valence-electron chi connectivity index (χ1n) is 7.07. The molecule has 0 bridgehead atoms. The summed E-state index contributed by atoms with van der Waals surface area (Å²) >= 11 is 1.41. The number of ether oxygens (including phenoxy) is 2. The van der Waals surface area contributed by atoms with Crippen LogP contribution in [0.3, 0.4) is 0 Å². The maximum atomic E-state index is 12.4. The van der Waals surface area contributed by atoms with Gasteiger partial charge in [-0.1, -0.05) is 0 Å². The molecule has 1 N–H and O–H groups in total. The van der Waals surface area contributed by atoms with Gasteiger partial charge in [-0.25, -0.2) is 4.98 Å². The summed E-state index contributed by atoms with van der Waals surface area (Å²) in [5.74, 6) is 0.625. The van der Waals surface area contributed by atoms with Crippen molar-refractivity contribution in [2.24, 2.45) is 5.92 Å².